The van der Waals surface area contributed by atoms with Gasteiger partial charge in [0.2, 0.25) is 0 Å². The van der Waals surface area contributed by atoms with Crippen LogP contribution in [0.3, 0.4) is 0 Å². The largest absolute Gasteiger partial charge is 0.397 e. The summed E-state index contributed by atoms with van der Waals surface area (Å²) < 4.78 is 115. The Kier molecular flexibility index (Phi) is 9.33. The van der Waals surface area contributed by atoms with Gasteiger partial charge < -0.3 is 0 Å². The van der Waals surface area contributed by atoms with Crippen molar-refractivity contribution in [3.05, 3.63) is 11.6 Å². The van der Waals surface area contributed by atoms with E-state index in [0.29, 0.717) is 23.2 Å². The molecule has 5 aliphatic rings. The van der Waals surface area contributed by atoms with Gasteiger partial charge in [-0.1, -0.05) is 60.1 Å². The van der Waals surface area contributed by atoms with Gasteiger partial charge in [0.1, 0.15) is 12.2 Å². The summed E-state index contributed by atoms with van der Waals surface area (Å²) in [6.07, 6.45) is 4.06. The molecule has 15 heteroatoms. The van der Waals surface area contributed by atoms with Crippen molar-refractivity contribution in [2.45, 2.75) is 125 Å². The molecule has 0 heterocycles. The topological polar surface area (TPSA) is 191 Å². The Balaban J connectivity index is 1.51. The van der Waals surface area contributed by atoms with Crippen molar-refractivity contribution in [2.75, 3.05) is 0 Å². The van der Waals surface area contributed by atoms with E-state index in [1.807, 2.05) is 6.92 Å². The molecule has 5 unspecified atom stereocenters. The van der Waals surface area contributed by atoms with Crippen molar-refractivity contribution in [3.63, 3.8) is 0 Å². The maximum absolute atomic E-state index is 12.2. The van der Waals surface area contributed by atoms with Gasteiger partial charge in [-0.2, -0.15) is 25.3 Å². The normalized spacial score (nSPS) is 45.0. The van der Waals surface area contributed by atoms with E-state index in [0.717, 1.165) is 37.2 Å². The molecule has 0 bridgehead atoms. The molecule has 5 aliphatic carbocycles. The summed E-state index contributed by atoms with van der Waals surface area (Å²) in [4.78, 5) is 0. The van der Waals surface area contributed by atoms with Gasteiger partial charge in [0, 0.05) is 0 Å². The molecular formula is C31H52O12S3. The third kappa shape index (κ3) is 6.50. The Morgan fingerprint density at radius 3 is 1.89 bits per heavy atom. The monoisotopic (exact) mass is 712 g/mol. The van der Waals surface area contributed by atoms with Crippen LogP contribution in [0.5, 0.6) is 0 Å². The van der Waals surface area contributed by atoms with Crippen LogP contribution in [-0.4, -0.2) is 57.2 Å². The number of hydrogen-bond acceptors (Lipinski definition) is 9. The van der Waals surface area contributed by atoms with Crippen molar-refractivity contribution < 1.29 is 51.5 Å². The molecular weight excluding hydrogens is 661 g/mol. The van der Waals surface area contributed by atoms with E-state index in [1.165, 1.54) is 12.8 Å². The van der Waals surface area contributed by atoms with Gasteiger partial charge >= 0.3 is 31.2 Å². The third-order valence-corrected chi connectivity index (χ3v) is 15.5. The van der Waals surface area contributed by atoms with Gasteiger partial charge in [0.25, 0.3) is 0 Å². The molecule has 0 aromatic rings. The van der Waals surface area contributed by atoms with Crippen molar-refractivity contribution in [1.82, 2.24) is 0 Å². The standard InChI is InChI=1S/C31H52O12S3/c1-18(2)31(16-20(31)4)13-8-19(3)21-9-11-30(7)23-14-25(41-44(32,33)34)24-15-26(42-45(35,36)37)27(43-46(38,39)40)17-28(24,5)22(23)10-12-29(21,30)6/h10,18-21,23-27H,8-9,11-17H2,1-7H3,(H,32,33,34)(H,35,36,37)(H,38,39,40)/t19?,20?,21-,23?,24?,25+,26+,27+,28-,29-,30+,31?/m1/s1. The molecule has 0 saturated heterocycles. The Hall–Kier alpha value is -0.650. The van der Waals surface area contributed by atoms with E-state index in [1.54, 1.807) is 0 Å². The predicted octanol–water partition coefficient (Wildman–Crippen LogP) is 5.84. The fraction of sp³-hybridized carbons (Fsp3) is 0.935. The second-order valence-electron chi connectivity index (χ2n) is 16.3. The molecule has 266 valence electrons. The summed E-state index contributed by atoms with van der Waals surface area (Å²) in [5, 5.41) is 0. The second kappa shape index (κ2) is 11.7. The Morgan fingerprint density at radius 2 is 1.37 bits per heavy atom. The van der Waals surface area contributed by atoms with Crippen LogP contribution in [0.4, 0.5) is 0 Å². The Morgan fingerprint density at radius 1 is 0.826 bits per heavy atom. The number of rotatable bonds is 11. The number of hydrogen-bond donors (Lipinski definition) is 3. The molecule has 4 fully saturated rings. The van der Waals surface area contributed by atoms with E-state index in [4.69, 9.17) is 12.5 Å². The summed E-state index contributed by atoms with van der Waals surface area (Å²) in [5.74, 6) is 1.33. The molecule has 0 aromatic heterocycles. The molecule has 0 radical (unpaired) electrons. The Bertz CT molecular complexity index is 1560. The minimum Gasteiger partial charge on any atom is -0.264 e. The highest BCUT2D eigenvalue weighted by molar-refractivity contribution is 7.81. The van der Waals surface area contributed by atoms with Gasteiger partial charge in [0.05, 0.1) is 6.10 Å². The average molecular weight is 713 g/mol. The van der Waals surface area contributed by atoms with Gasteiger partial charge in [-0.05, 0) is 115 Å². The quantitative estimate of drug-likeness (QED) is 0.172. The van der Waals surface area contributed by atoms with Gasteiger partial charge in [-0.3, -0.25) is 13.7 Å². The van der Waals surface area contributed by atoms with Crippen LogP contribution >= 0.6 is 0 Å². The van der Waals surface area contributed by atoms with Gasteiger partial charge in [0.15, 0.2) is 0 Å². The highest BCUT2D eigenvalue weighted by Crippen LogP contribution is 2.72. The van der Waals surface area contributed by atoms with Crippen LogP contribution in [0.1, 0.15) is 106 Å². The van der Waals surface area contributed by atoms with Crippen LogP contribution in [0.25, 0.3) is 0 Å². The fourth-order valence-corrected chi connectivity index (χ4v) is 12.8. The van der Waals surface area contributed by atoms with Crippen molar-refractivity contribution in [2.24, 2.45) is 57.2 Å². The lowest BCUT2D eigenvalue weighted by Crippen LogP contribution is -2.60. The lowest BCUT2D eigenvalue weighted by molar-refractivity contribution is -0.122. The summed E-state index contributed by atoms with van der Waals surface area (Å²) in [6.45, 7) is 15.8. The van der Waals surface area contributed by atoms with E-state index < -0.39 is 60.8 Å². The zero-order valence-electron chi connectivity index (χ0n) is 27.9. The lowest BCUT2D eigenvalue weighted by Gasteiger charge is -2.63. The second-order valence-corrected chi connectivity index (χ2v) is 19.4. The summed E-state index contributed by atoms with van der Waals surface area (Å²) in [6, 6.07) is 0. The average Bonchev–Trinajstić information content (AvgIpc) is 3.45. The molecule has 0 amide bonds. The van der Waals surface area contributed by atoms with E-state index in [-0.39, 0.29) is 36.0 Å². The molecule has 46 heavy (non-hydrogen) atoms. The first-order chi connectivity index (χ1) is 20.9. The zero-order chi connectivity index (χ0) is 34.5. The summed E-state index contributed by atoms with van der Waals surface area (Å²) in [5.41, 5.74) is 0.0205. The summed E-state index contributed by atoms with van der Waals surface area (Å²) >= 11 is 0. The van der Waals surface area contributed by atoms with Gasteiger partial charge in [-0.25, -0.2) is 12.5 Å². The van der Waals surface area contributed by atoms with Crippen LogP contribution in [0.2, 0.25) is 0 Å². The third-order valence-electron chi connectivity index (χ3n) is 14.1. The molecule has 5 rings (SSSR count). The van der Waals surface area contributed by atoms with E-state index >= 15 is 0 Å². The van der Waals surface area contributed by atoms with Crippen molar-refractivity contribution in [1.29, 1.82) is 0 Å². The fourth-order valence-electron chi connectivity index (χ4n) is 11.3. The highest BCUT2D eigenvalue weighted by Gasteiger charge is 2.67. The van der Waals surface area contributed by atoms with Crippen LogP contribution in [-0.2, 0) is 43.7 Å². The molecule has 0 spiro atoms. The molecule has 0 aliphatic heterocycles. The minimum atomic E-state index is -5.09. The predicted molar refractivity (Wildman–Crippen MR) is 169 cm³/mol. The first-order valence-corrected chi connectivity index (χ1v) is 20.6. The maximum atomic E-state index is 12.2. The van der Waals surface area contributed by atoms with Crippen LogP contribution in [0, 0.1) is 57.2 Å². The number of allylic oxidation sites excluding steroid dienone is 2. The summed E-state index contributed by atoms with van der Waals surface area (Å²) in [7, 11) is -15.1. The lowest BCUT2D eigenvalue weighted by atomic mass is 9.43. The molecule has 4 saturated carbocycles. The van der Waals surface area contributed by atoms with Crippen molar-refractivity contribution >= 4 is 31.2 Å². The SMILES string of the molecule is CC(CCC1(C(C)C)CC1C)[C@H]1CC[C@@]2(C)C3C[C@H](OS(=O)(=O)O)C4C[C@H](OS(=O)(=O)O)[C@@H](OS(=O)(=O)O)C[C@]4(C)C3=CC[C@]12C. The van der Waals surface area contributed by atoms with Crippen LogP contribution < -0.4 is 0 Å². The zero-order valence-corrected chi connectivity index (χ0v) is 30.3. The van der Waals surface area contributed by atoms with Crippen molar-refractivity contribution in [3.8, 4) is 0 Å². The first-order valence-electron chi connectivity index (χ1n) is 16.5. The Labute approximate surface area is 275 Å². The molecule has 12 atom stereocenters. The molecule has 0 aromatic carbocycles. The first kappa shape index (κ1) is 36.6. The van der Waals surface area contributed by atoms with Gasteiger partial charge in [-0.15, -0.1) is 0 Å². The van der Waals surface area contributed by atoms with Crippen LogP contribution in [0.15, 0.2) is 11.6 Å². The number of fused-ring (bicyclic) bond motifs is 5. The maximum Gasteiger partial charge on any atom is 0.397 e. The van der Waals surface area contributed by atoms with E-state index in [9.17, 15) is 38.9 Å². The molecule has 12 nitrogen and oxygen atoms in total. The minimum absolute atomic E-state index is 0.123. The molecule has 3 N–H and O–H groups in total. The smallest absolute Gasteiger partial charge is 0.264 e. The van der Waals surface area contributed by atoms with E-state index in [2.05, 4.69) is 47.6 Å². The highest BCUT2D eigenvalue weighted by atomic mass is 32.3.